The minimum Gasteiger partial charge on any atom is -0.456 e. The molecule has 102 valence electrons. The summed E-state index contributed by atoms with van der Waals surface area (Å²) in [6.07, 6.45) is 0.623. The third-order valence-electron chi connectivity index (χ3n) is 2.89. The van der Waals surface area contributed by atoms with Gasteiger partial charge in [-0.25, -0.2) is 4.79 Å². The third kappa shape index (κ3) is 4.06. The zero-order valence-corrected chi connectivity index (χ0v) is 10.8. The number of hydrogen-bond donors (Lipinski definition) is 1. The van der Waals surface area contributed by atoms with Gasteiger partial charge in [-0.05, 0) is 17.7 Å². The smallest absolute Gasteiger partial charge is 0.338 e. The summed E-state index contributed by atoms with van der Waals surface area (Å²) in [6.45, 7) is 3.05. The van der Waals surface area contributed by atoms with Crippen molar-refractivity contribution < 1.29 is 19.1 Å². The Balaban J connectivity index is 1.89. The van der Waals surface area contributed by atoms with E-state index in [0.29, 0.717) is 25.3 Å². The lowest BCUT2D eigenvalue weighted by Gasteiger charge is -2.10. The Bertz CT molecular complexity index is 449. The van der Waals surface area contributed by atoms with Crippen molar-refractivity contribution in [3.8, 4) is 0 Å². The number of nitrogens with one attached hydrogen (secondary N) is 1. The molecule has 1 aromatic rings. The summed E-state index contributed by atoms with van der Waals surface area (Å²) < 4.78 is 10.5. The van der Waals surface area contributed by atoms with E-state index in [0.717, 1.165) is 12.0 Å². The van der Waals surface area contributed by atoms with Gasteiger partial charge in [-0.1, -0.05) is 12.1 Å². The predicted molar refractivity (Wildman–Crippen MR) is 68.6 cm³/mol. The van der Waals surface area contributed by atoms with E-state index >= 15 is 0 Å². The molecule has 1 fully saturated rings. The third-order valence-corrected chi connectivity index (χ3v) is 2.89. The molecule has 0 radical (unpaired) electrons. The van der Waals surface area contributed by atoms with Gasteiger partial charge in [0.05, 0.1) is 18.8 Å². The van der Waals surface area contributed by atoms with Crippen molar-refractivity contribution in [2.24, 2.45) is 0 Å². The number of hydrogen-bond acceptors (Lipinski definition) is 4. The number of carbonyl (C=O) groups excluding carboxylic acids is 2. The Morgan fingerprint density at radius 1 is 1.37 bits per heavy atom. The van der Waals surface area contributed by atoms with Gasteiger partial charge in [-0.2, -0.15) is 0 Å². The summed E-state index contributed by atoms with van der Waals surface area (Å²) in [7, 11) is 0. The van der Waals surface area contributed by atoms with Gasteiger partial charge in [0.15, 0.2) is 0 Å². The normalized spacial score (nSPS) is 18.1. The molecule has 1 heterocycles. The van der Waals surface area contributed by atoms with Gasteiger partial charge in [-0.3, -0.25) is 4.79 Å². The van der Waals surface area contributed by atoms with Crippen LogP contribution in [-0.2, 0) is 20.8 Å². The first-order valence-corrected chi connectivity index (χ1v) is 6.27. The first-order valence-electron chi connectivity index (χ1n) is 6.27. The van der Waals surface area contributed by atoms with Crippen LogP contribution in [0.5, 0.6) is 0 Å². The van der Waals surface area contributed by atoms with Crippen LogP contribution in [0.3, 0.4) is 0 Å². The number of ether oxygens (including phenoxy) is 2. The van der Waals surface area contributed by atoms with Crippen LogP contribution >= 0.6 is 0 Å². The highest BCUT2D eigenvalue weighted by Gasteiger charge is 2.20. The highest BCUT2D eigenvalue weighted by atomic mass is 16.6. The fourth-order valence-electron chi connectivity index (χ4n) is 1.81. The van der Waals surface area contributed by atoms with Crippen LogP contribution in [0.15, 0.2) is 24.3 Å². The Morgan fingerprint density at radius 2 is 2.11 bits per heavy atom. The minimum absolute atomic E-state index is 0.0790. The van der Waals surface area contributed by atoms with Gasteiger partial charge >= 0.3 is 5.97 Å². The quantitative estimate of drug-likeness (QED) is 0.831. The maximum absolute atomic E-state index is 11.8. The zero-order chi connectivity index (χ0) is 13.7. The van der Waals surface area contributed by atoms with E-state index in [1.165, 1.54) is 6.92 Å². The molecule has 0 bridgehead atoms. The van der Waals surface area contributed by atoms with Crippen LogP contribution in [0.25, 0.3) is 0 Å². The van der Waals surface area contributed by atoms with Crippen LogP contribution in [0, 0.1) is 0 Å². The topological polar surface area (TPSA) is 64.6 Å². The molecule has 5 heteroatoms. The zero-order valence-electron chi connectivity index (χ0n) is 10.8. The molecule has 1 aliphatic heterocycles. The van der Waals surface area contributed by atoms with Gasteiger partial charge in [-0.15, -0.1) is 0 Å². The second kappa shape index (κ2) is 6.33. The van der Waals surface area contributed by atoms with E-state index < -0.39 is 0 Å². The second-order valence-corrected chi connectivity index (χ2v) is 4.50. The van der Waals surface area contributed by atoms with Crippen molar-refractivity contribution in [3.05, 3.63) is 35.4 Å². The summed E-state index contributed by atoms with van der Waals surface area (Å²) in [5.41, 5.74) is 1.45. The second-order valence-electron chi connectivity index (χ2n) is 4.50. The maximum atomic E-state index is 11.8. The number of rotatable bonds is 4. The van der Waals surface area contributed by atoms with Crippen molar-refractivity contribution >= 4 is 11.9 Å². The number of carbonyl (C=O) groups is 2. The van der Waals surface area contributed by atoms with Crippen LogP contribution in [0.1, 0.15) is 29.3 Å². The highest BCUT2D eigenvalue weighted by molar-refractivity contribution is 5.89. The summed E-state index contributed by atoms with van der Waals surface area (Å²) in [5.74, 6) is -0.411. The molecule has 0 aromatic heterocycles. The summed E-state index contributed by atoms with van der Waals surface area (Å²) >= 11 is 0. The van der Waals surface area contributed by atoms with E-state index in [-0.39, 0.29) is 18.0 Å². The standard InChI is InChI=1S/C14H17NO4/c1-10(16)15-8-11-2-4-12(5-3-11)14(17)19-13-6-7-18-9-13/h2-5,13H,6-9H2,1H3,(H,15,16)/t13-/m1/s1. The first kappa shape index (κ1) is 13.5. The van der Waals surface area contributed by atoms with Crippen LogP contribution < -0.4 is 5.32 Å². The van der Waals surface area contributed by atoms with Crippen molar-refractivity contribution in [3.63, 3.8) is 0 Å². The molecule has 1 aromatic carbocycles. The van der Waals surface area contributed by atoms with Gasteiger partial charge in [0, 0.05) is 19.9 Å². The molecule has 1 N–H and O–H groups in total. The lowest BCUT2D eigenvalue weighted by molar-refractivity contribution is -0.119. The molecule has 19 heavy (non-hydrogen) atoms. The maximum Gasteiger partial charge on any atom is 0.338 e. The molecule has 0 aliphatic carbocycles. The molecular formula is C14H17NO4. The van der Waals surface area contributed by atoms with E-state index in [1.807, 2.05) is 0 Å². The fraction of sp³-hybridized carbons (Fsp3) is 0.429. The van der Waals surface area contributed by atoms with Gasteiger partial charge < -0.3 is 14.8 Å². The molecule has 0 unspecified atom stereocenters. The van der Waals surface area contributed by atoms with Crippen LogP contribution in [0.4, 0.5) is 0 Å². The molecule has 5 nitrogen and oxygen atoms in total. The Labute approximate surface area is 111 Å². The van der Waals surface area contributed by atoms with Crippen molar-refractivity contribution in [1.29, 1.82) is 0 Å². The van der Waals surface area contributed by atoms with Crippen LogP contribution in [-0.4, -0.2) is 31.2 Å². The van der Waals surface area contributed by atoms with Crippen LogP contribution in [0.2, 0.25) is 0 Å². The molecule has 2 rings (SSSR count). The first-order chi connectivity index (χ1) is 9.15. The largest absolute Gasteiger partial charge is 0.456 e. The fourth-order valence-corrected chi connectivity index (χ4v) is 1.81. The highest BCUT2D eigenvalue weighted by Crippen LogP contribution is 2.12. The number of benzene rings is 1. The summed E-state index contributed by atoms with van der Waals surface area (Å²) in [5, 5.41) is 2.70. The van der Waals surface area contributed by atoms with Gasteiger partial charge in [0.1, 0.15) is 6.10 Å². The Hall–Kier alpha value is -1.88. The number of amides is 1. The van der Waals surface area contributed by atoms with Gasteiger partial charge in [0.2, 0.25) is 5.91 Å². The Kier molecular flexibility index (Phi) is 4.52. The van der Waals surface area contributed by atoms with Crippen molar-refractivity contribution in [2.75, 3.05) is 13.2 Å². The minimum atomic E-state index is -0.332. The average molecular weight is 263 g/mol. The van der Waals surface area contributed by atoms with Crippen molar-refractivity contribution in [2.45, 2.75) is 26.0 Å². The van der Waals surface area contributed by atoms with E-state index in [9.17, 15) is 9.59 Å². The molecule has 0 saturated carbocycles. The Morgan fingerprint density at radius 3 is 2.68 bits per heavy atom. The lowest BCUT2D eigenvalue weighted by atomic mass is 10.1. The lowest BCUT2D eigenvalue weighted by Crippen LogP contribution is -2.19. The van der Waals surface area contributed by atoms with Gasteiger partial charge in [0.25, 0.3) is 0 Å². The molecule has 1 amide bonds. The summed E-state index contributed by atoms with van der Waals surface area (Å²) in [6, 6.07) is 7.01. The molecule has 1 atom stereocenters. The van der Waals surface area contributed by atoms with Crippen molar-refractivity contribution in [1.82, 2.24) is 5.32 Å². The monoisotopic (exact) mass is 263 g/mol. The van der Waals surface area contributed by atoms with E-state index in [2.05, 4.69) is 5.32 Å². The molecule has 1 saturated heterocycles. The molecule has 1 aliphatic rings. The SMILES string of the molecule is CC(=O)NCc1ccc(C(=O)O[C@@H]2CCOC2)cc1. The summed E-state index contributed by atoms with van der Waals surface area (Å²) in [4.78, 5) is 22.6. The predicted octanol–water partition coefficient (Wildman–Crippen LogP) is 1.27. The van der Waals surface area contributed by atoms with E-state index in [1.54, 1.807) is 24.3 Å². The number of esters is 1. The molecule has 0 spiro atoms. The molecular weight excluding hydrogens is 246 g/mol. The van der Waals surface area contributed by atoms with E-state index in [4.69, 9.17) is 9.47 Å². The average Bonchev–Trinajstić information content (AvgIpc) is 2.89.